The molecule has 1 N–H and O–H groups in total. The van der Waals surface area contributed by atoms with Gasteiger partial charge in [-0.3, -0.25) is 15.0 Å². The van der Waals surface area contributed by atoms with Crippen LogP contribution in [0, 0.1) is 5.92 Å². The molecule has 0 aromatic carbocycles. The summed E-state index contributed by atoms with van der Waals surface area (Å²) in [5.41, 5.74) is 2.73. The Labute approximate surface area is 90.4 Å². The van der Waals surface area contributed by atoms with Gasteiger partial charge in [-0.2, -0.15) is 0 Å². The van der Waals surface area contributed by atoms with Crippen molar-refractivity contribution in [1.29, 1.82) is 0 Å². The summed E-state index contributed by atoms with van der Waals surface area (Å²) in [5, 5.41) is 1.63. The zero-order chi connectivity index (χ0) is 11.4. The highest BCUT2D eigenvalue weighted by Gasteiger charge is 2.26. The van der Waals surface area contributed by atoms with E-state index in [-0.39, 0.29) is 17.7 Å². The van der Waals surface area contributed by atoms with Crippen LogP contribution >= 0.6 is 0 Å². The molecule has 15 heavy (non-hydrogen) atoms. The molecule has 0 saturated carbocycles. The van der Waals surface area contributed by atoms with Crippen molar-refractivity contribution in [3.05, 3.63) is 0 Å². The van der Waals surface area contributed by atoms with Gasteiger partial charge in [-0.15, -0.1) is 0 Å². The Kier molecular flexibility index (Phi) is 4.08. The first-order chi connectivity index (χ1) is 7.00. The Hall–Kier alpha value is -1.10. The molecule has 1 fully saturated rings. The summed E-state index contributed by atoms with van der Waals surface area (Å²) < 4.78 is 0. The number of carbonyl (C=O) groups excluding carboxylic acids is 2. The molecular formula is C10H19N3O2. The summed E-state index contributed by atoms with van der Waals surface area (Å²) in [6.07, 6.45) is 1.77. The molecule has 1 heterocycles. The lowest BCUT2D eigenvalue weighted by atomic mass is 9.97. The van der Waals surface area contributed by atoms with Crippen molar-refractivity contribution in [2.24, 2.45) is 5.92 Å². The molecule has 86 valence electrons. The van der Waals surface area contributed by atoms with Crippen LogP contribution in [0.1, 0.15) is 19.8 Å². The minimum atomic E-state index is -0.0648. The highest BCUT2D eigenvalue weighted by atomic mass is 16.2. The lowest BCUT2D eigenvalue weighted by Crippen LogP contribution is -2.47. The largest absolute Gasteiger partial charge is 0.342 e. The third-order valence-corrected chi connectivity index (χ3v) is 2.57. The van der Waals surface area contributed by atoms with Gasteiger partial charge in [-0.25, -0.2) is 5.01 Å². The number of hydrogen-bond donors (Lipinski definition) is 1. The summed E-state index contributed by atoms with van der Waals surface area (Å²) in [4.78, 5) is 24.6. The molecule has 0 aromatic heterocycles. The Balaban J connectivity index is 2.48. The van der Waals surface area contributed by atoms with Crippen molar-refractivity contribution in [2.75, 3.05) is 27.2 Å². The van der Waals surface area contributed by atoms with Gasteiger partial charge in [-0.1, -0.05) is 0 Å². The van der Waals surface area contributed by atoms with Gasteiger partial charge in [0.25, 0.3) is 0 Å². The van der Waals surface area contributed by atoms with Crippen LogP contribution in [0.4, 0.5) is 0 Å². The first-order valence-corrected chi connectivity index (χ1v) is 5.24. The number of hydrazine groups is 1. The molecule has 0 spiro atoms. The molecule has 1 rings (SSSR count). The maximum Gasteiger partial charge on any atom is 0.239 e. The van der Waals surface area contributed by atoms with Crippen LogP contribution in [0.5, 0.6) is 0 Å². The van der Waals surface area contributed by atoms with E-state index in [0.29, 0.717) is 6.54 Å². The van der Waals surface area contributed by atoms with E-state index < -0.39 is 0 Å². The lowest BCUT2D eigenvalue weighted by Gasteiger charge is -2.31. The molecule has 1 saturated heterocycles. The highest BCUT2D eigenvalue weighted by Crippen LogP contribution is 2.16. The highest BCUT2D eigenvalue weighted by molar-refractivity contribution is 5.80. The Morgan fingerprint density at radius 3 is 2.60 bits per heavy atom. The van der Waals surface area contributed by atoms with Crippen molar-refractivity contribution in [1.82, 2.24) is 15.3 Å². The molecule has 0 unspecified atom stereocenters. The fourth-order valence-electron chi connectivity index (χ4n) is 1.79. The van der Waals surface area contributed by atoms with Crippen LogP contribution in [0.2, 0.25) is 0 Å². The van der Waals surface area contributed by atoms with Gasteiger partial charge in [0.15, 0.2) is 0 Å². The first kappa shape index (κ1) is 12.0. The van der Waals surface area contributed by atoms with Gasteiger partial charge < -0.3 is 4.90 Å². The molecule has 1 atom stereocenters. The first-order valence-electron chi connectivity index (χ1n) is 5.24. The molecule has 1 aliphatic heterocycles. The van der Waals surface area contributed by atoms with Gasteiger partial charge in [0.05, 0.1) is 5.92 Å². The molecule has 0 aromatic rings. The smallest absolute Gasteiger partial charge is 0.239 e. The lowest BCUT2D eigenvalue weighted by molar-refractivity contribution is -0.135. The van der Waals surface area contributed by atoms with E-state index in [1.807, 2.05) is 0 Å². The molecule has 5 heteroatoms. The quantitative estimate of drug-likeness (QED) is 0.648. The Morgan fingerprint density at radius 2 is 2.07 bits per heavy atom. The summed E-state index contributed by atoms with van der Waals surface area (Å²) in [6.45, 7) is 2.88. The minimum absolute atomic E-state index is 0.00551. The topological polar surface area (TPSA) is 52.7 Å². The van der Waals surface area contributed by atoms with Crippen LogP contribution in [-0.4, -0.2) is 48.9 Å². The second-order valence-corrected chi connectivity index (χ2v) is 4.17. The van der Waals surface area contributed by atoms with Crippen LogP contribution in [-0.2, 0) is 9.59 Å². The number of piperidine rings is 1. The zero-order valence-corrected chi connectivity index (χ0v) is 9.62. The van der Waals surface area contributed by atoms with Crippen molar-refractivity contribution < 1.29 is 9.59 Å². The van der Waals surface area contributed by atoms with Crippen molar-refractivity contribution in [2.45, 2.75) is 19.8 Å². The number of amides is 2. The summed E-state index contributed by atoms with van der Waals surface area (Å²) >= 11 is 0. The standard InChI is InChI=1S/C10H19N3O2/c1-8(14)13-6-4-5-9(7-13)10(15)11-12(2)3/h9H,4-7H2,1-3H3,(H,11,15)/t9-/m1/s1. The van der Waals surface area contributed by atoms with Crippen molar-refractivity contribution >= 4 is 11.8 Å². The number of likely N-dealkylation sites (tertiary alicyclic amines) is 1. The van der Waals surface area contributed by atoms with Crippen molar-refractivity contribution in [3.63, 3.8) is 0 Å². The number of hydrogen-bond acceptors (Lipinski definition) is 3. The average molecular weight is 213 g/mol. The van der Waals surface area contributed by atoms with Gasteiger partial charge in [-0.05, 0) is 12.8 Å². The summed E-state index contributed by atoms with van der Waals surface area (Å²) in [6, 6.07) is 0. The molecular weight excluding hydrogens is 194 g/mol. The predicted octanol–water partition coefficient (Wildman–Crippen LogP) is -0.162. The Morgan fingerprint density at radius 1 is 1.40 bits per heavy atom. The second-order valence-electron chi connectivity index (χ2n) is 4.17. The van der Waals surface area contributed by atoms with E-state index >= 15 is 0 Å². The van der Waals surface area contributed by atoms with Crippen LogP contribution in [0.25, 0.3) is 0 Å². The van der Waals surface area contributed by atoms with Crippen LogP contribution < -0.4 is 5.43 Å². The number of carbonyl (C=O) groups is 2. The third kappa shape index (κ3) is 3.51. The third-order valence-electron chi connectivity index (χ3n) is 2.57. The molecule has 5 nitrogen and oxygen atoms in total. The normalized spacial score (nSPS) is 21.6. The fourth-order valence-corrected chi connectivity index (χ4v) is 1.79. The number of rotatable bonds is 2. The number of nitrogens with one attached hydrogen (secondary N) is 1. The Bertz CT molecular complexity index is 253. The molecule has 1 aliphatic rings. The SMILES string of the molecule is CC(=O)N1CCC[C@@H](C(=O)NN(C)C)C1. The van der Waals surface area contributed by atoms with Crippen LogP contribution in [0.3, 0.4) is 0 Å². The minimum Gasteiger partial charge on any atom is -0.342 e. The molecule has 0 radical (unpaired) electrons. The fraction of sp³-hybridized carbons (Fsp3) is 0.800. The van der Waals surface area contributed by atoms with Crippen LogP contribution in [0.15, 0.2) is 0 Å². The maximum absolute atomic E-state index is 11.7. The van der Waals surface area contributed by atoms with E-state index in [0.717, 1.165) is 19.4 Å². The van der Waals surface area contributed by atoms with E-state index in [4.69, 9.17) is 0 Å². The summed E-state index contributed by atoms with van der Waals surface area (Å²) in [5.74, 6) is -0.00615. The van der Waals surface area contributed by atoms with E-state index in [9.17, 15) is 9.59 Å². The number of nitrogens with zero attached hydrogens (tertiary/aromatic N) is 2. The monoisotopic (exact) mass is 213 g/mol. The second kappa shape index (κ2) is 5.11. The van der Waals surface area contributed by atoms with Gasteiger partial charge in [0.2, 0.25) is 11.8 Å². The van der Waals surface area contributed by atoms with E-state index in [1.54, 1.807) is 30.9 Å². The maximum atomic E-state index is 11.7. The van der Waals surface area contributed by atoms with E-state index in [2.05, 4.69) is 5.43 Å². The summed E-state index contributed by atoms with van der Waals surface area (Å²) in [7, 11) is 3.56. The molecule has 0 bridgehead atoms. The molecule has 0 aliphatic carbocycles. The zero-order valence-electron chi connectivity index (χ0n) is 9.62. The molecule has 2 amide bonds. The average Bonchev–Trinajstić information content (AvgIpc) is 2.17. The van der Waals surface area contributed by atoms with Gasteiger partial charge >= 0.3 is 0 Å². The van der Waals surface area contributed by atoms with Gasteiger partial charge in [0.1, 0.15) is 0 Å². The van der Waals surface area contributed by atoms with E-state index in [1.165, 1.54) is 0 Å². The predicted molar refractivity (Wildman–Crippen MR) is 56.8 cm³/mol. The van der Waals surface area contributed by atoms with Crippen molar-refractivity contribution in [3.8, 4) is 0 Å². The van der Waals surface area contributed by atoms with Gasteiger partial charge in [0, 0.05) is 34.1 Å².